The Morgan fingerprint density at radius 3 is 3.00 bits per heavy atom. The van der Waals surface area contributed by atoms with E-state index in [0.717, 1.165) is 30.4 Å². The van der Waals surface area contributed by atoms with Gasteiger partial charge in [0.1, 0.15) is 0 Å². The molecule has 3 heteroatoms. The van der Waals surface area contributed by atoms with Crippen LogP contribution in [0.25, 0.3) is 0 Å². The fourth-order valence-corrected chi connectivity index (χ4v) is 2.35. The van der Waals surface area contributed by atoms with Crippen LogP contribution < -0.4 is 0 Å². The maximum Gasteiger partial charge on any atom is 0.172 e. The minimum Gasteiger partial charge on any atom is -0.381 e. The molecule has 88 valence electrons. The average molecular weight is 238 g/mol. The third-order valence-electron chi connectivity index (χ3n) is 2.86. The normalized spacial score (nSPS) is 15.2. The van der Waals surface area contributed by atoms with E-state index in [9.17, 15) is 4.79 Å². The van der Waals surface area contributed by atoms with Crippen molar-refractivity contribution in [1.82, 2.24) is 0 Å². The van der Waals surface area contributed by atoms with E-state index < -0.39 is 0 Å². The van der Waals surface area contributed by atoms with Gasteiger partial charge in [0, 0.05) is 19.6 Å². The van der Waals surface area contributed by atoms with Crippen molar-refractivity contribution in [1.29, 1.82) is 0 Å². The molecule has 0 bridgehead atoms. The van der Waals surface area contributed by atoms with Crippen LogP contribution in [0, 0.1) is 5.92 Å². The SMILES string of the molecule is O=C(CCCOCCC1CC1)c1cccs1. The third-order valence-corrected chi connectivity index (χ3v) is 3.77. The molecular weight excluding hydrogens is 220 g/mol. The second-order valence-electron chi connectivity index (χ2n) is 4.35. The van der Waals surface area contributed by atoms with Gasteiger partial charge in [-0.25, -0.2) is 0 Å². The van der Waals surface area contributed by atoms with Crippen molar-refractivity contribution in [2.24, 2.45) is 5.92 Å². The zero-order chi connectivity index (χ0) is 11.2. The van der Waals surface area contributed by atoms with Crippen molar-refractivity contribution in [2.45, 2.75) is 32.1 Å². The van der Waals surface area contributed by atoms with E-state index in [1.54, 1.807) is 0 Å². The van der Waals surface area contributed by atoms with Crippen molar-refractivity contribution in [2.75, 3.05) is 13.2 Å². The fraction of sp³-hybridized carbons (Fsp3) is 0.615. The lowest BCUT2D eigenvalue weighted by atomic mass is 10.2. The first-order chi connectivity index (χ1) is 7.86. The molecule has 1 aromatic rings. The standard InChI is InChI=1S/C13H18O2S/c14-12(13-4-2-10-16-13)3-1-8-15-9-7-11-5-6-11/h2,4,10-11H,1,3,5-9H2. The first-order valence-corrected chi connectivity index (χ1v) is 6.88. The van der Waals surface area contributed by atoms with Crippen molar-refractivity contribution >= 4 is 17.1 Å². The second-order valence-corrected chi connectivity index (χ2v) is 5.30. The van der Waals surface area contributed by atoms with E-state index in [1.165, 1.54) is 30.6 Å². The summed E-state index contributed by atoms with van der Waals surface area (Å²) < 4.78 is 5.50. The molecule has 0 atom stereocenters. The van der Waals surface area contributed by atoms with E-state index >= 15 is 0 Å². The van der Waals surface area contributed by atoms with Crippen molar-refractivity contribution in [3.63, 3.8) is 0 Å². The van der Waals surface area contributed by atoms with Gasteiger partial charge < -0.3 is 4.74 Å². The molecule has 0 aliphatic heterocycles. The Balaban J connectivity index is 1.49. The second kappa shape index (κ2) is 6.16. The Hall–Kier alpha value is -0.670. The number of thiophene rings is 1. The molecule has 0 radical (unpaired) electrons. The fourth-order valence-electron chi connectivity index (χ4n) is 1.65. The molecule has 0 amide bonds. The molecule has 2 nitrogen and oxygen atoms in total. The predicted octanol–water partition coefficient (Wildman–Crippen LogP) is 3.53. The van der Waals surface area contributed by atoms with Gasteiger partial charge in [0.2, 0.25) is 0 Å². The first-order valence-electron chi connectivity index (χ1n) is 6.00. The molecule has 1 heterocycles. The quantitative estimate of drug-likeness (QED) is 0.511. The molecule has 16 heavy (non-hydrogen) atoms. The number of ketones is 1. The predicted molar refractivity (Wildman–Crippen MR) is 66.0 cm³/mol. The first kappa shape index (κ1) is 11.8. The van der Waals surface area contributed by atoms with Gasteiger partial charge >= 0.3 is 0 Å². The minimum absolute atomic E-state index is 0.251. The van der Waals surface area contributed by atoms with Crippen LogP contribution in [0.3, 0.4) is 0 Å². The Bertz CT molecular complexity index is 315. The molecule has 1 aromatic heterocycles. The van der Waals surface area contributed by atoms with Crippen LogP contribution in [-0.2, 0) is 4.74 Å². The summed E-state index contributed by atoms with van der Waals surface area (Å²) in [6.07, 6.45) is 5.45. The van der Waals surface area contributed by atoms with Gasteiger partial charge in [-0.15, -0.1) is 11.3 Å². The molecule has 0 N–H and O–H groups in total. The van der Waals surface area contributed by atoms with E-state index in [2.05, 4.69) is 0 Å². The zero-order valence-electron chi connectivity index (χ0n) is 9.48. The highest BCUT2D eigenvalue weighted by Crippen LogP contribution is 2.32. The lowest BCUT2D eigenvalue weighted by Crippen LogP contribution is -2.02. The lowest BCUT2D eigenvalue weighted by Gasteiger charge is -2.02. The summed E-state index contributed by atoms with van der Waals surface area (Å²) in [5.41, 5.74) is 0. The lowest BCUT2D eigenvalue weighted by molar-refractivity contribution is 0.0935. The number of carbonyl (C=O) groups excluding carboxylic acids is 1. The summed E-state index contributed by atoms with van der Waals surface area (Å²) in [5, 5.41) is 1.94. The van der Waals surface area contributed by atoms with Crippen LogP contribution in [0.4, 0.5) is 0 Å². The van der Waals surface area contributed by atoms with Crippen molar-refractivity contribution in [3.8, 4) is 0 Å². The van der Waals surface area contributed by atoms with Crippen molar-refractivity contribution in [3.05, 3.63) is 22.4 Å². The molecule has 1 aliphatic carbocycles. The zero-order valence-corrected chi connectivity index (χ0v) is 10.3. The Morgan fingerprint density at radius 1 is 1.44 bits per heavy atom. The number of Topliss-reactive ketones (excluding diaryl/α,β-unsaturated/α-hetero) is 1. The molecule has 1 saturated carbocycles. The third kappa shape index (κ3) is 4.06. The Morgan fingerprint density at radius 2 is 2.31 bits per heavy atom. The van der Waals surface area contributed by atoms with Gasteiger partial charge in [-0.1, -0.05) is 18.9 Å². The molecule has 0 unspecified atom stereocenters. The average Bonchev–Trinajstić information content (AvgIpc) is 2.95. The maximum atomic E-state index is 11.6. The van der Waals surface area contributed by atoms with Gasteiger partial charge in [-0.2, -0.15) is 0 Å². The van der Waals surface area contributed by atoms with Gasteiger partial charge in [-0.3, -0.25) is 4.79 Å². The highest BCUT2D eigenvalue weighted by Gasteiger charge is 2.20. The van der Waals surface area contributed by atoms with E-state index in [0.29, 0.717) is 6.42 Å². The summed E-state index contributed by atoms with van der Waals surface area (Å²) in [6.45, 7) is 1.60. The molecular formula is C13H18O2S. The number of hydrogen-bond acceptors (Lipinski definition) is 3. The van der Waals surface area contributed by atoms with E-state index in [4.69, 9.17) is 4.74 Å². The monoisotopic (exact) mass is 238 g/mol. The smallest absolute Gasteiger partial charge is 0.172 e. The maximum absolute atomic E-state index is 11.6. The molecule has 0 saturated heterocycles. The van der Waals surface area contributed by atoms with Crippen LogP contribution >= 0.6 is 11.3 Å². The highest BCUT2D eigenvalue weighted by atomic mass is 32.1. The Kier molecular flexibility index (Phi) is 4.55. The van der Waals surface area contributed by atoms with Crippen LogP contribution in [0.15, 0.2) is 17.5 Å². The van der Waals surface area contributed by atoms with Gasteiger partial charge in [0.25, 0.3) is 0 Å². The van der Waals surface area contributed by atoms with Crippen LogP contribution in [0.5, 0.6) is 0 Å². The Labute approximate surface area is 101 Å². The van der Waals surface area contributed by atoms with Crippen LogP contribution in [-0.4, -0.2) is 19.0 Å². The minimum atomic E-state index is 0.251. The number of hydrogen-bond donors (Lipinski definition) is 0. The van der Waals surface area contributed by atoms with Crippen molar-refractivity contribution < 1.29 is 9.53 Å². The highest BCUT2D eigenvalue weighted by molar-refractivity contribution is 7.12. The van der Waals surface area contributed by atoms with Gasteiger partial charge in [0.05, 0.1) is 4.88 Å². The summed E-state index contributed by atoms with van der Waals surface area (Å²) >= 11 is 1.52. The summed E-state index contributed by atoms with van der Waals surface area (Å²) in [4.78, 5) is 12.5. The summed E-state index contributed by atoms with van der Waals surface area (Å²) in [5.74, 6) is 1.19. The molecule has 0 aromatic carbocycles. The molecule has 1 fully saturated rings. The molecule has 2 rings (SSSR count). The number of ether oxygens (including phenoxy) is 1. The van der Waals surface area contributed by atoms with Crippen LogP contribution in [0.2, 0.25) is 0 Å². The molecule has 1 aliphatic rings. The summed E-state index contributed by atoms with van der Waals surface area (Å²) in [6, 6.07) is 3.81. The van der Waals surface area contributed by atoms with E-state index in [1.807, 2.05) is 17.5 Å². The largest absolute Gasteiger partial charge is 0.381 e. The van der Waals surface area contributed by atoms with E-state index in [-0.39, 0.29) is 5.78 Å². The number of carbonyl (C=O) groups is 1. The molecule has 0 spiro atoms. The van der Waals surface area contributed by atoms with Gasteiger partial charge in [0.15, 0.2) is 5.78 Å². The van der Waals surface area contributed by atoms with Crippen LogP contribution in [0.1, 0.15) is 41.8 Å². The summed E-state index contributed by atoms with van der Waals surface area (Å²) in [7, 11) is 0. The topological polar surface area (TPSA) is 26.3 Å². The number of rotatable bonds is 8. The van der Waals surface area contributed by atoms with Gasteiger partial charge in [-0.05, 0) is 30.2 Å².